The first-order valence-electron chi connectivity index (χ1n) is 8.71. The molecule has 1 amide bonds. The zero-order valence-corrected chi connectivity index (χ0v) is 16.8. The van der Waals surface area contributed by atoms with Crippen molar-refractivity contribution in [2.75, 3.05) is 19.6 Å². The minimum absolute atomic E-state index is 0. The van der Waals surface area contributed by atoms with E-state index in [0.29, 0.717) is 32.5 Å². The maximum Gasteiger partial charge on any atom is 0.223 e. The topological polar surface area (TPSA) is 75.0 Å². The number of rotatable bonds is 8. The van der Waals surface area contributed by atoms with E-state index in [4.69, 9.17) is 5.73 Å². The Morgan fingerprint density at radius 1 is 0.963 bits per heavy atom. The molecule has 1 aromatic heterocycles. The van der Waals surface area contributed by atoms with Gasteiger partial charge in [-0.25, -0.2) is 4.98 Å². The summed E-state index contributed by atoms with van der Waals surface area (Å²) in [5, 5.41) is 0. The second-order valence-electron chi connectivity index (χ2n) is 6.11. The lowest BCUT2D eigenvalue weighted by Gasteiger charge is -2.22. The van der Waals surface area contributed by atoms with E-state index in [2.05, 4.69) is 22.1 Å². The summed E-state index contributed by atoms with van der Waals surface area (Å²) in [6, 6.07) is 18.1. The van der Waals surface area contributed by atoms with Crippen LogP contribution in [0, 0.1) is 0 Å². The van der Waals surface area contributed by atoms with Crippen LogP contribution in [0.1, 0.15) is 17.8 Å². The van der Waals surface area contributed by atoms with Crippen LogP contribution in [0.3, 0.4) is 0 Å². The third-order valence-electron chi connectivity index (χ3n) is 4.28. The number of hydrogen-bond acceptors (Lipinski definition) is 3. The van der Waals surface area contributed by atoms with Crippen molar-refractivity contribution in [3.05, 3.63) is 66.0 Å². The molecule has 0 unspecified atom stereocenters. The lowest BCUT2D eigenvalue weighted by molar-refractivity contribution is -0.131. The Bertz CT molecular complexity index is 790. The Labute approximate surface area is 172 Å². The molecule has 0 aliphatic carbocycles. The molecule has 7 heteroatoms. The van der Waals surface area contributed by atoms with E-state index < -0.39 is 0 Å². The number of aryl methyl sites for hydroxylation is 1. The highest BCUT2D eigenvalue weighted by Gasteiger charge is 2.14. The second kappa shape index (κ2) is 11.6. The van der Waals surface area contributed by atoms with Crippen molar-refractivity contribution in [1.82, 2.24) is 14.9 Å². The fraction of sp³-hybridized carbons (Fsp3) is 0.300. The van der Waals surface area contributed by atoms with Gasteiger partial charge in [0.05, 0.1) is 11.0 Å². The molecule has 0 aliphatic heterocycles. The van der Waals surface area contributed by atoms with Gasteiger partial charge in [0, 0.05) is 32.5 Å². The number of nitrogens with two attached hydrogens (primary N) is 1. The maximum absolute atomic E-state index is 12.6. The molecular weight excluding hydrogens is 383 g/mol. The average Bonchev–Trinajstić information content (AvgIpc) is 3.07. The molecule has 3 aromatic rings. The van der Waals surface area contributed by atoms with Gasteiger partial charge < -0.3 is 15.6 Å². The predicted molar refractivity (Wildman–Crippen MR) is 115 cm³/mol. The number of H-pyrrole nitrogens is 1. The van der Waals surface area contributed by atoms with Crippen LogP contribution in [0.5, 0.6) is 0 Å². The number of fused-ring (bicyclic) bond motifs is 1. The van der Waals surface area contributed by atoms with E-state index >= 15 is 0 Å². The van der Waals surface area contributed by atoms with Gasteiger partial charge in [0.25, 0.3) is 0 Å². The van der Waals surface area contributed by atoms with E-state index in [1.165, 1.54) is 5.56 Å². The van der Waals surface area contributed by atoms with Gasteiger partial charge in [0.2, 0.25) is 5.91 Å². The van der Waals surface area contributed by atoms with Gasteiger partial charge in [0.15, 0.2) is 0 Å². The van der Waals surface area contributed by atoms with Crippen molar-refractivity contribution >= 4 is 41.8 Å². The number of nitrogens with zero attached hydrogens (tertiary/aromatic N) is 2. The number of aromatic nitrogens is 2. The highest BCUT2D eigenvalue weighted by Crippen LogP contribution is 2.12. The Morgan fingerprint density at radius 3 is 2.37 bits per heavy atom. The minimum Gasteiger partial charge on any atom is -0.342 e. The number of hydrogen-bond donors (Lipinski definition) is 2. The smallest absolute Gasteiger partial charge is 0.223 e. The fourth-order valence-corrected chi connectivity index (χ4v) is 2.93. The van der Waals surface area contributed by atoms with Gasteiger partial charge in [-0.15, -0.1) is 24.8 Å². The maximum atomic E-state index is 12.6. The van der Waals surface area contributed by atoms with Gasteiger partial charge in [-0.1, -0.05) is 42.5 Å². The lowest BCUT2D eigenvalue weighted by Crippen LogP contribution is -2.37. The second-order valence-corrected chi connectivity index (χ2v) is 6.11. The Kier molecular flexibility index (Phi) is 9.86. The number of imidazole rings is 1. The predicted octanol–water partition coefficient (Wildman–Crippen LogP) is 3.37. The standard InChI is InChI=1S/C20H24N4O.2ClH/c21-13-15-24(14-12-16-6-2-1-3-7-16)20(25)11-10-19-22-17-8-4-5-9-18(17)23-19;;/h1-9H,10-15,21H2,(H,22,23);2*1H. The Hall–Kier alpha value is -2.08. The Morgan fingerprint density at radius 2 is 1.67 bits per heavy atom. The average molecular weight is 409 g/mol. The molecule has 0 aliphatic rings. The zero-order valence-electron chi connectivity index (χ0n) is 15.1. The van der Waals surface area contributed by atoms with Crippen LogP contribution in [0.15, 0.2) is 54.6 Å². The van der Waals surface area contributed by atoms with Gasteiger partial charge in [0.1, 0.15) is 5.82 Å². The third kappa shape index (κ3) is 6.54. The molecular formula is C20H26Cl2N4O. The van der Waals surface area contributed by atoms with E-state index in [1.807, 2.05) is 47.4 Å². The normalized spacial score (nSPS) is 10.1. The lowest BCUT2D eigenvalue weighted by atomic mass is 10.1. The molecule has 0 spiro atoms. The monoisotopic (exact) mass is 408 g/mol. The van der Waals surface area contributed by atoms with Crippen LogP contribution in [0.2, 0.25) is 0 Å². The van der Waals surface area contributed by atoms with Crippen molar-refractivity contribution in [3.63, 3.8) is 0 Å². The van der Waals surface area contributed by atoms with Crippen LogP contribution >= 0.6 is 24.8 Å². The SMILES string of the molecule is Cl.Cl.NCCN(CCc1ccccc1)C(=O)CCc1nc2ccccc2[nH]1. The number of carbonyl (C=O) groups excluding carboxylic acids is 1. The molecule has 146 valence electrons. The molecule has 2 aromatic carbocycles. The van der Waals surface area contributed by atoms with Gasteiger partial charge in [-0.05, 0) is 24.1 Å². The molecule has 0 bridgehead atoms. The highest BCUT2D eigenvalue weighted by atomic mass is 35.5. The summed E-state index contributed by atoms with van der Waals surface area (Å²) in [6.07, 6.45) is 1.89. The number of para-hydroxylation sites is 2. The summed E-state index contributed by atoms with van der Waals surface area (Å²) in [5.41, 5.74) is 8.86. The van der Waals surface area contributed by atoms with Crippen LogP contribution < -0.4 is 5.73 Å². The fourth-order valence-electron chi connectivity index (χ4n) is 2.93. The number of aromatic amines is 1. The van der Waals surface area contributed by atoms with Crippen molar-refractivity contribution < 1.29 is 4.79 Å². The van der Waals surface area contributed by atoms with Crippen molar-refractivity contribution in [2.24, 2.45) is 5.73 Å². The molecule has 5 nitrogen and oxygen atoms in total. The molecule has 0 saturated carbocycles. The van der Waals surface area contributed by atoms with Crippen molar-refractivity contribution in [2.45, 2.75) is 19.3 Å². The highest BCUT2D eigenvalue weighted by molar-refractivity contribution is 5.85. The largest absolute Gasteiger partial charge is 0.342 e. The number of halogens is 2. The number of benzene rings is 2. The summed E-state index contributed by atoms with van der Waals surface area (Å²) in [7, 11) is 0. The molecule has 0 radical (unpaired) electrons. The molecule has 27 heavy (non-hydrogen) atoms. The first-order chi connectivity index (χ1) is 12.3. The van der Waals surface area contributed by atoms with E-state index in [1.54, 1.807) is 0 Å². The van der Waals surface area contributed by atoms with Crippen LogP contribution in [0.4, 0.5) is 0 Å². The van der Waals surface area contributed by atoms with Gasteiger partial charge in [-0.2, -0.15) is 0 Å². The molecule has 0 atom stereocenters. The van der Waals surface area contributed by atoms with Crippen LogP contribution in [-0.4, -0.2) is 40.4 Å². The molecule has 1 heterocycles. The van der Waals surface area contributed by atoms with Gasteiger partial charge in [-0.3, -0.25) is 4.79 Å². The van der Waals surface area contributed by atoms with Crippen LogP contribution in [-0.2, 0) is 17.6 Å². The summed E-state index contributed by atoms with van der Waals surface area (Å²) < 4.78 is 0. The molecule has 0 fully saturated rings. The summed E-state index contributed by atoms with van der Waals surface area (Å²) >= 11 is 0. The van der Waals surface area contributed by atoms with E-state index in [-0.39, 0.29) is 30.7 Å². The molecule has 3 N–H and O–H groups in total. The number of nitrogens with one attached hydrogen (secondary N) is 1. The van der Waals surface area contributed by atoms with E-state index in [9.17, 15) is 4.79 Å². The van der Waals surface area contributed by atoms with E-state index in [0.717, 1.165) is 23.3 Å². The Balaban J connectivity index is 0.00000182. The number of amides is 1. The van der Waals surface area contributed by atoms with Gasteiger partial charge >= 0.3 is 0 Å². The summed E-state index contributed by atoms with van der Waals surface area (Å²) in [6.45, 7) is 1.76. The summed E-state index contributed by atoms with van der Waals surface area (Å²) in [4.78, 5) is 22.2. The first-order valence-corrected chi connectivity index (χ1v) is 8.71. The molecule has 3 rings (SSSR count). The number of carbonyl (C=O) groups is 1. The first kappa shape index (κ1) is 23.0. The molecule has 0 saturated heterocycles. The summed E-state index contributed by atoms with van der Waals surface area (Å²) in [5.74, 6) is 0.979. The van der Waals surface area contributed by atoms with Crippen molar-refractivity contribution in [3.8, 4) is 0 Å². The van der Waals surface area contributed by atoms with Crippen molar-refractivity contribution in [1.29, 1.82) is 0 Å². The quantitative estimate of drug-likeness (QED) is 0.599. The minimum atomic E-state index is 0. The third-order valence-corrected chi connectivity index (χ3v) is 4.28. The zero-order chi connectivity index (χ0) is 17.5. The van der Waals surface area contributed by atoms with Crippen LogP contribution in [0.25, 0.3) is 11.0 Å².